The highest BCUT2D eigenvalue weighted by Crippen LogP contribution is 2.39. The molecule has 2 heterocycles. The molecule has 0 aliphatic heterocycles. The number of hydrogen-bond acceptors (Lipinski definition) is 3. The number of hydrogen-bond donors (Lipinski definition) is 1. The molecule has 0 amide bonds. The third kappa shape index (κ3) is 4.73. The number of para-hydroxylation sites is 4. The maximum atomic E-state index is 10.7. The Balaban J connectivity index is 1.49. The Bertz CT molecular complexity index is 2130. The molecule has 0 aliphatic rings. The normalized spacial score (nSPS) is 11.7. The second kappa shape index (κ2) is 11.1. The van der Waals surface area contributed by atoms with E-state index in [1.807, 2.05) is 36.4 Å². The maximum absolute atomic E-state index is 10.7. The van der Waals surface area contributed by atoms with Gasteiger partial charge < -0.3 is 5.11 Å². The van der Waals surface area contributed by atoms with Crippen molar-refractivity contribution < 1.29 is 5.11 Å². The number of phenols is 1. The standard InChI is InChI=1S/C40H35N3O/c1-25(2)30-18-12-19-31(26(3)4)39(30)43-36-21-9-8-20-34(36)42-40(43)29-15-11-14-28(23-29)38-32-16-6-5-13-27(32)24-35(41-38)33-17-7-10-22-37(33)44/h5-26,44H,1-4H3. The van der Waals surface area contributed by atoms with Crippen LogP contribution in [0.3, 0.4) is 0 Å². The molecule has 2 aromatic heterocycles. The molecule has 5 aromatic carbocycles. The zero-order valence-electron chi connectivity index (χ0n) is 25.5. The predicted octanol–water partition coefficient (Wildman–Crippen LogP) is 10.5. The van der Waals surface area contributed by atoms with Crippen LogP contribution >= 0.6 is 0 Å². The van der Waals surface area contributed by atoms with Crippen LogP contribution in [0.4, 0.5) is 0 Å². The Hall–Kier alpha value is -5.22. The first-order valence-corrected chi connectivity index (χ1v) is 15.3. The first kappa shape index (κ1) is 27.6. The molecular formula is C40H35N3O. The first-order valence-electron chi connectivity index (χ1n) is 15.3. The number of rotatable bonds is 6. The highest BCUT2D eigenvalue weighted by molar-refractivity contribution is 5.98. The number of pyridine rings is 1. The molecule has 0 aliphatic carbocycles. The minimum absolute atomic E-state index is 0.216. The highest BCUT2D eigenvalue weighted by Gasteiger charge is 2.22. The van der Waals surface area contributed by atoms with E-state index >= 15 is 0 Å². The number of aromatic hydroxyl groups is 1. The second-order valence-corrected chi connectivity index (χ2v) is 12.0. The molecule has 4 heteroatoms. The fourth-order valence-corrected chi connectivity index (χ4v) is 6.27. The van der Waals surface area contributed by atoms with Crippen molar-refractivity contribution in [1.29, 1.82) is 0 Å². The summed E-state index contributed by atoms with van der Waals surface area (Å²) in [7, 11) is 0. The molecule has 0 saturated heterocycles. The lowest BCUT2D eigenvalue weighted by molar-refractivity contribution is 0.477. The Kier molecular flexibility index (Phi) is 6.98. The zero-order valence-corrected chi connectivity index (χ0v) is 25.5. The van der Waals surface area contributed by atoms with E-state index in [1.165, 1.54) is 16.8 Å². The van der Waals surface area contributed by atoms with E-state index in [-0.39, 0.29) is 5.75 Å². The molecule has 0 bridgehead atoms. The monoisotopic (exact) mass is 573 g/mol. The fourth-order valence-electron chi connectivity index (χ4n) is 6.27. The van der Waals surface area contributed by atoms with Crippen molar-refractivity contribution in [1.82, 2.24) is 14.5 Å². The van der Waals surface area contributed by atoms with Crippen LogP contribution in [0.25, 0.3) is 61.4 Å². The van der Waals surface area contributed by atoms with Crippen molar-refractivity contribution in [3.8, 4) is 45.3 Å². The Morgan fingerprint density at radius 2 is 1.27 bits per heavy atom. The molecule has 7 rings (SSSR count). The summed E-state index contributed by atoms with van der Waals surface area (Å²) in [5.41, 5.74) is 10.2. The van der Waals surface area contributed by atoms with Gasteiger partial charge in [-0.15, -0.1) is 0 Å². The fraction of sp³-hybridized carbons (Fsp3) is 0.150. The summed E-state index contributed by atoms with van der Waals surface area (Å²) < 4.78 is 2.36. The van der Waals surface area contributed by atoms with Gasteiger partial charge >= 0.3 is 0 Å². The number of imidazole rings is 1. The molecule has 44 heavy (non-hydrogen) atoms. The largest absolute Gasteiger partial charge is 0.507 e. The van der Waals surface area contributed by atoms with Gasteiger partial charge in [0.2, 0.25) is 0 Å². The number of fused-ring (bicyclic) bond motifs is 2. The summed E-state index contributed by atoms with van der Waals surface area (Å²) in [6.45, 7) is 9.04. The van der Waals surface area contributed by atoms with Crippen LogP contribution in [-0.4, -0.2) is 19.6 Å². The van der Waals surface area contributed by atoms with Gasteiger partial charge in [0.1, 0.15) is 11.6 Å². The van der Waals surface area contributed by atoms with Gasteiger partial charge in [0, 0.05) is 22.1 Å². The second-order valence-electron chi connectivity index (χ2n) is 12.0. The lowest BCUT2D eigenvalue weighted by atomic mass is 9.92. The lowest BCUT2D eigenvalue weighted by Crippen LogP contribution is -2.08. The summed E-state index contributed by atoms with van der Waals surface area (Å²) in [6, 6.07) is 41.4. The van der Waals surface area contributed by atoms with E-state index in [1.54, 1.807) is 6.07 Å². The van der Waals surface area contributed by atoms with Crippen molar-refractivity contribution in [2.45, 2.75) is 39.5 Å². The van der Waals surface area contributed by atoms with Crippen molar-refractivity contribution in [3.05, 3.63) is 132 Å². The minimum Gasteiger partial charge on any atom is -0.507 e. The Morgan fingerprint density at radius 3 is 2.05 bits per heavy atom. The molecule has 1 N–H and O–H groups in total. The molecule has 216 valence electrons. The quantitative estimate of drug-likeness (QED) is 0.215. The molecule has 0 atom stereocenters. The third-order valence-electron chi connectivity index (χ3n) is 8.44. The lowest BCUT2D eigenvalue weighted by Gasteiger charge is -2.22. The van der Waals surface area contributed by atoms with Gasteiger partial charge in [0.25, 0.3) is 0 Å². The van der Waals surface area contributed by atoms with Crippen LogP contribution in [0.5, 0.6) is 5.75 Å². The molecule has 7 aromatic rings. The minimum atomic E-state index is 0.216. The number of aromatic nitrogens is 3. The van der Waals surface area contributed by atoms with Crippen LogP contribution in [-0.2, 0) is 0 Å². The highest BCUT2D eigenvalue weighted by atomic mass is 16.3. The maximum Gasteiger partial charge on any atom is 0.145 e. The van der Waals surface area contributed by atoms with Crippen molar-refractivity contribution in [3.63, 3.8) is 0 Å². The van der Waals surface area contributed by atoms with Crippen LogP contribution in [0, 0.1) is 0 Å². The summed E-state index contributed by atoms with van der Waals surface area (Å²) >= 11 is 0. The van der Waals surface area contributed by atoms with Gasteiger partial charge in [-0.05, 0) is 64.7 Å². The van der Waals surface area contributed by atoms with Gasteiger partial charge in [-0.2, -0.15) is 0 Å². The predicted molar refractivity (Wildman–Crippen MR) is 183 cm³/mol. The van der Waals surface area contributed by atoms with Crippen LogP contribution in [0.15, 0.2) is 121 Å². The molecule has 0 spiro atoms. The Morgan fingerprint density at radius 1 is 0.614 bits per heavy atom. The van der Waals surface area contributed by atoms with Crippen molar-refractivity contribution >= 4 is 21.8 Å². The molecule has 0 radical (unpaired) electrons. The number of benzene rings is 5. The van der Waals surface area contributed by atoms with E-state index in [0.29, 0.717) is 17.4 Å². The average Bonchev–Trinajstić information content (AvgIpc) is 3.43. The first-order chi connectivity index (χ1) is 21.4. The number of nitrogens with zero attached hydrogens (tertiary/aromatic N) is 3. The SMILES string of the molecule is CC(C)c1cccc(C(C)C)c1-n1c(-c2cccc(-c3nc(-c4ccccc4O)cc4ccccc34)c2)nc2ccccc21. The average molecular weight is 574 g/mol. The topological polar surface area (TPSA) is 50.9 Å². The molecule has 0 saturated carbocycles. The van der Waals surface area contributed by atoms with Crippen molar-refractivity contribution in [2.24, 2.45) is 0 Å². The Labute approximate surface area is 258 Å². The summed E-state index contributed by atoms with van der Waals surface area (Å²) in [5, 5.41) is 12.8. The van der Waals surface area contributed by atoms with E-state index in [4.69, 9.17) is 9.97 Å². The zero-order chi connectivity index (χ0) is 30.4. The van der Waals surface area contributed by atoms with Gasteiger partial charge in [0.15, 0.2) is 0 Å². The van der Waals surface area contributed by atoms with E-state index in [2.05, 4.69) is 111 Å². The molecule has 0 unspecified atom stereocenters. The van der Waals surface area contributed by atoms with Gasteiger partial charge in [0.05, 0.1) is 28.1 Å². The van der Waals surface area contributed by atoms with Crippen LogP contribution in [0.2, 0.25) is 0 Å². The summed E-state index contributed by atoms with van der Waals surface area (Å²) in [5.74, 6) is 1.81. The van der Waals surface area contributed by atoms with Crippen LogP contribution in [0.1, 0.15) is 50.7 Å². The number of phenolic OH excluding ortho intramolecular Hbond substituents is 1. The summed E-state index contributed by atoms with van der Waals surface area (Å²) in [4.78, 5) is 10.4. The van der Waals surface area contributed by atoms with Gasteiger partial charge in [-0.1, -0.05) is 113 Å². The van der Waals surface area contributed by atoms with E-state index in [9.17, 15) is 5.11 Å². The third-order valence-corrected chi connectivity index (χ3v) is 8.44. The van der Waals surface area contributed by atoms with Crippen LogP contribution < -0.4 is 0 Å². The van der Waals surface area contributed by atoms with Gasteiger partial charge in [-0.3, -0.25) is 4.57 Å². The molecular weight excluding hydrogens is 538 g/mol. The summed E-state index contributed by atoms with van der Waals surface area (Å²) in [6.07, 6.45) is 0. The molecule has 4 nitrogen and oxygen atoms in total. The smallest absolute Gasteiger partial charge is 0.145 e. The van der Waals surface area contributed by atoms with E-state index < -0.39 is 0 Å². The molecule has 0 fully saturated rings. The van der Waals surface area contributed by atoms with Gasteiger partial charge in [-0.25, -0.2) is 9.97 Å². The van der Waals surface area contributed by atoms with Crippen molar-refractivity contribution in [2.75, 3.05) is 0 Å². The van der Waals surface area contributed by atoms with E-state index in [0.717, 1.165) is 50.1 Å².